The van der Waals surface area contributed by atoms with Crippen LogP contribution in [0.4, 0.5) is 0 Å². The fourth-order valence-corrected chi connectivity index (χ4v) is 1.42. The Bertz CT molecular complexity index is 153. The van der Waals surface area contributed by atoms with Crippen LogP contribution in [0.3, 0.4) is 0 Å². The monoisotopic (exact) mass is 173 g/mol. The van der Waals surface area contributed by atoms with Crippen molar-refractivity contribution in [2.75, 3.05) is 0 Å². The van der Waals surface area contributed by atoms with E-state index < -0.39 is 5.97 Å². The Morgan fingerprint density at radius 3 is 2.42 bits per heavy atom. The molecule has 1 unspecified atom stereocenters. The summed E-state index contributed by atoms with van der Waals surface area (Å²) in [4.78, 5) is 10.3. The molecule has 3 N–H and O–H groups in total. The summed E-state index contributed by atoms with van der Waals surface area (Å²) >= 11 is 0. The van der Waals surface area contributed by atoms with Gasteiger partial charge in [-0.15, -0.1) is 0 Å². The lowest BCUT2D eigenvalue weighted by Crippen LogP contribution is -2.25. The van der Waals surface area contributed by atoms with Gasteiger partial charge in [-0.3, -0.25) is 4.79 Å². The van der Waals surface area contributed by atoms with Gasteiger partial charge in [0, 0.05) is 12.5 Å². The predicted molar refractivity (Wildman–Crippen MR) is 48.9 cm³/mol. The Hall–Kier alpha value is -0.570. The summed E-state index contributed by atoms with van der Waals surface area (Å²) < 4.78 is 0. The van der Waals surface area contributed by atoms with Crippen molar-refractivity contribution in [3.8, 4) is 0 Å². The van der Waals surface area contributed by atoms with Crippen molar-refractivity contribution < 1.29 is 9.90 Å². The second-order valence-electron chi connectivity index (χ2n) is 4.24. The smallest absolute Gasteiger partial charge is 0.303 e. The van der Waals surface area contributed by atoms with Gasteiger partial charge >= 0.3 is 5.97 Å². The van der Waals surface area contributed by atoms with Crippen molar-refractivity contribution in [1.29, 1.82) is 0 Å². The topological polar surface area (TPSA) is 63.3 Å². The van der Waals surface area contributed by atoms with Gasteiger partial charge in [0.1, 0.15) is 0 Å². The molecule has 0 aromatic carbocycles. The van der Waals surface area contributed by atoms with Gasteiger partial charge in [-0.2, -0.15) is 0 Å². The molecule has 12 heavy (non-hydrogen) atoms. The number of carbonyl (C=O) groups is 1. The van der Waals surface area contributed by atoms with Crippen LogP contribution >= 0.6 is 0 Å². The van der Waals surface area contributed by atoms with Crippen LogP contribution in [-0.2, 0) is 4.79 Å². The molecule has 0 spiro atoms. The van der Waals surface area contributed by atoms with Crippen LogP contribution in [0.15, 0.2) is 0 Å². The number of aliphatic carboxylic acids is 1. The van der Waals surface area contributed by atoms with Crippen LogP contribution in [0.5, 0.6) is 0 Å². The molecular weight excluding hydrogens is 154 g/mol. The summed E-state index contributed by atoms with van der Waals surface area (Å²) in [5.74, 6) is -0.729. The van der Waals surface area contributed by atoms with Gasteiger partial charge in [0.05, 0.1) is 0 Å². The fraction of sp³-hybridized carbons (Fsp3) is 0.889. The average Bonchev–Trinajstić information content (AvgIpc) is 1.81. The molecule has 72 valence electrons. The highest BCUT2D eigenvalue weighted by Gasteiger charge is 2.20. The molecule has 0 aliphatic rings. The fourth-order valence-electron chi connectivity index (χ4n) is 1.42. The van der Waals surface area contributed by atoms with E-state index in [1.165, 1.54) is 0 Å². The third kappa shape index (κ3) is 6.16. The Balaban J connectivity index is 3.78. The molecule has 0 heterocycles. The van der Waals surface area contributed by atoms with E-state index in [1.54, 1.807) is 0 Å². The van der Waals surface area contributed by atoms with Crippen LogP contribution in [0.25, 0.3) is 0 Å². The molecule has 0 radical (unpaired) electrons. The highest BCUT2D eigenvalue weighted by atomic mass is 16.4. The van der Waals surface area contributed by atoms with Gasteiger partial charge in [-0.1, -0.05) is 13.8 Å². The van der Waals surface area contributed by atoms with Gasteiger partial charge in [-0.05, 0) is 25.2 Å². The van der Waals surface area contributed by atoms with Crippen LogP contribution < -0.4 is 5.73 Å². The molecule has 0 amide bonds. The number of nitrogens with two attached hydrogens (primary N) is 1. The third-order valence-electron chi connectivity index (χ3n) is 1.89. The van der Waals surface area contributed by atoms with Gasteiger partial charge < -0.3 is 10.8 Å². The van der Waals surface area contributed by atoms with Crippen LogP contribution in [0, 0.1) is 5.41 Å². The van der Waals surface area contributed by atoms with E-state index >= 15 is 0 Å². The van der Waals surface area contributed by atoms with Crippen molar-refractivity contribution in [3.05, 3.63) is 0 Å². The Morgan fingerprint density at radius 1 is 1.58 bits per heavy atom. The van der Waals surface area contributed by atoms with Crippen LogP contribution in [0.1, 0.15) is 40.0 Å². The molecule has 0 bridgehead atoms. The van der Waals surface area contributed by atoms with E-state index in [4.69, 9.17) is 10.8 Å². The van der Waals surface area contributed by atoms with E-state index in [-0.39, 0.29) is 17.9 Å². The minimum Gasteiger partial charge on any atom is -0.481 e. The molecule has 0 saturated heterocycles. The van der Waals surface area contributed by atoms with E-state index in [0.29, 0.717) is 6.42 Å². The molecular formula is C9H19NO2. The first kappa shape index (κ1) is 11.4. The normalized spacial score (nSPS) is 14.3. The van der Waals surface area contributed by atoms with Gasteiger partial charge in [0.2, 0.25) is 0 Å². The zero-order chi connectivity index (χ0) is 9.78. The molecule has 0 rings (SSSR count). The van der Waals surface area contributed by atoms with E-state index in [0.717, 1.165) is 6.42 Å². The molecule has 0 saturated carbocycles. The van der Waals surface area contributed by atoms with E-state index in [9.17, 15) is 4.79 Å². The largest absolute Gasteiger partial charge is 0.481 e. The van der Waals surface area contributed by atoms with E-state index in [1.807, 2.05) is 6.92 Å². The number of hydrogen-bond donors (Lipinski definition) is 2. The maximum absolute atomic E-state index is 10.3. The Labute approximate surface area is 74.0 Å². The molecule has 0 aromatic heterocycles. The molecule has 1 atom stereocenters. The molecule has 0 fully saturated rings. The molecule has 0 aliphatic heterocycles. The minimum atomic E-state index is -0.729. The Kier molecular flexibility index (Phi) is 4.24. The number of carboxylic acids is 1. The lowest BCUT2D eigenvalue weighted by atomic mass is 9.82. The second-order valence-corrected chi connectivity index (χ2v) is 4.24. The lowest BCUT2D eigenvalue weighted by molar-refractivity contribution is -0.137. The Morgan fingerprint density at radius 2 is 2.08 bits per heavy atom. The quantitative estimate of drug-likeness (QED) is 0.664. The van der Waals surface area contributed by atoms with Crippen LogP contribution in [-0.4, -0.2) is 17.1 Å². The number of hydrogen-bond acceptors (Lipinski definition) is 2. The van der Waals surface area contributed by atoms with Crippen molar-refractivity contribution in [1.82, 2.24) is 0 Å². The lowest BCUT2D eigenvalue weighted by Gasteiger charge is -2.25. The molecule has 0 aliphatic carbocycles. The first-order chi connectivity index (χ1) is 5.33. The van der Waals surface area contributed by atoms with Crippen molar-refractivity contribution in [2.24, 2.45) is 11.1 Å². The zero-order valence-electron chi connectivity index (χ0n) is 8.13. The summed E-state index contributed by atoms with van der Waals surface area (Å²) in [6.45, 7) is 6.06. The number of rotatable bonds is 5. The minimum absolute atomic E-state index is 0.0482. The van der Waals surface area contributed by atoms with Crippen LogP contribution in [0.2, 0.25) is 0 Å². The van der Waals surface area contributed by atoms with Crippen molar-refractivity contribution >= 4 is 5.97 Å². The third-order valence-corrected chi connectivity index (χ3v) is 1.89. The highest BCUT2D eigenvalue weighted by molar-refractivity contribution is 5.66. The summed E-state index contributed by atoms with van der Waals surface area (Å²) in [7, 11) is 0. The summed E-state index contributed by atoms with van der Waals surface area (Å²) in [5.41, 5.74) is 5.69. The average molecular weight is 173 g/mol. The standard InChI is InChI=1S/C9H19NO2/c1-7(10)6-9(2,3)5-4-8(11)12/h7H,4-6,10H2,1-3H3,(H,11,12). The summed E-state index contributed by atoms with van der Waals surface area (Å²) in [6, 6.07) is 0.147. The SMILES string of the molecule is CC(N)CC(C)(C)CCC(=O)O. The van der Waals surface area contributed by atoms with Gasteiger partial charge in [-0.25, -0.2) is 0 Å². The highest BCUT2D eigenvalue weighted by Crippen LogP contribution is 2.27. The maximum atomic E-state index is 10.3. The van der Waals surface area contributed by atoms with Gasteiger partial charge in [0.15, 0.2) is 0 Å². The molecule has 0 aromatic rings. The van der Waals surface area contributed by atoms with E-state index in [2.05, 4.69) is 13.8 Å². The predicted octanol–water partition coefficient (Wildman–Crippen LogP) is 1.61. The number of carboxylic acid groups (broad SMARTS) is 1. The maximum Gasteiger partial charge on any atom is 0.303 e. The second kappa shape index (κ2) is 4.45. The first-order valence-electron chi connectivity index (χ1n) is 4.31. The summed E-state index contributed by atoms with van der Waals surface area (Å²) in [5, 5.41) is 8.48. The summed E-state index contributed by atoms with van der Waals surface area (Å²) in [6.07, 6.45) is 1.81. The van der Waals surface area contributed by atoms with Crippen molar-refractivity contribution in [2.45, 2.75) is 46.1 Å². The molecule has 3 heteroatoms. The van der Waals surface area contributed by atoms with Gasteiger partial charge in [0.25, 0.3) is 0 Å². The van der Waals surface area contributed by atoms with Crippen molar-refractivity contribution in [3.63, 3.8) is 0 Å². The zero-order valence-corrected chi connectivity index (χ0v) is 8.13. The first-order valence-corrected chi connectivity index (χ1v) is 4.31. The molecule has 3 nitrogen and oxygen atoms in total.